The van der Waals surface area contributed by atoms with Gasteiger partial charge < -0.3 is 25.0 Å². The molecule has 1 fully saturated rings. The molecule has 1 aromatic carbocycles. The zero-order chi connectivity index (χ0) is 13.8. The third kappa shape index (κ3) is 3.01. The van der Waals surface area contributed by atoms with E-state index in [2.05, 4.69) is 4.90 Å². The van der Waals surface area contributed by atoms with Crippen molar-refractivity contribution < 1.29 is 9.47 Å². The molecule has 6 heteroatoms. The fourth-order valence-corrected chi connectivity index (χ4v) is 2.40. The van der Waals surface area contributed by atoms with E-state index in [0.29, 0.717) is 5.11 Å². The zero-order valence-electron chi connectivity index (χ0n) is 11.3. The number of anilines is 1. The van der Waals surface area contributed by atoms with Crippen LogP contribution < -0.4 is 20.1 Å². The number of rotatable bonds is 3. The molecule has 1 aromatic rings. The second kappa shape index (κ2) is 5.97. The van der Waals surface area contributed by atoms with Gasteiger partial charge in [-0.2, -0.15) is 0 Å². The summed E-state index contributed by atoms with van der Waals surface area (Å²) in [5.74, 6) is 1.62. The highest BCUT2D eigenvalue weighted by Gasteiger charge is 2.20. The molecule has 0 aromatic heterocycles. The normalized spacial score (nSPS) is 15.3. The first-order valence-electron chi connectivity index (χ1n) is 6.17. The molecule has 0 atom stereocenters. The van der Waals surface area contributed by atoms with Crippen molar-refractivity contribution >= 4 is 23.0 Å². The second-order valence-electron chi connectivity index (χ2n) is 4.35. The smallest absolute Gasteiger partial charge is 0.166 e. The minimum Gasteiger partial charge on any atom is -0.497 e. The maximum absolute atomic E-state index is 5.64. The Kier molecular flexibility index (Phi) is 4.31. The van der Waals surface area contributed by atoms with Crippen LogP contribution in [-0.4, -0.2) is 50.4 Å². The average molecular weight is 281 g/mol. The van der Waals surface area contributed by atoms with Crippen LogP contribution in [0.15, 0.2) is 18.2 Å². The van der Waals surface area contributed by atoms with Crippen molar-refractivity contribution in [3.63, 3.8) is 0 Å². The molecular weight excluding hydrogens is 262 g/mol. The molecule has 0 saturated carbocycles. The van der Waals surface area contributed by atoms with Gasteiger partial charge in [0.05, 0.1) is 19.9 Å². The van der Waals surface area contributed by atoms with E-state index in [1.165, 1.54) is 0 Å². The molecular formula is C13H19N3O2S. The van der Waals surface area contributed by atoms with Crippen molar-refractivity contribution in [2.75, 3.05) is 45.3 Å². The molecule has 0 spiro atoms. The van der Waals surface area contributed by atoms with Gasteiger partial charge in [0.25, 0.3) is 0 Å². The van der Waals surface area contributed by atoms with Gasteiger partial charge in [-0.15, -0.1) is 0 Å². The van der Waals surface area contributed by atoms with Crippen LogP contribution in [0.25, 0.3) is 0 Å². The largest absolute Gasteiger partial charge is 0.497 e. The van der Waals surface area contributed by atoms with Gasteiger partial charge in [-0.3, -0.25) is 0 Å². The molecule has 1 aliphatic rings. The maximum atomic E-state index is 5.64. The van der Waals surface area contributed by atoms with E-state index < -0.39 is 0 Å². The molecule has 2 rings (SSSR count). The Balaban J connectivity index is 2.12. The lowest BCUT2D eigenvalue weighted by molar-refractivity contribution is 0.376. The Bertz CT molecular complexity index is 459. The van der Waals surface area contributed by atoms with E-state index in [0.717, 1.165) is 43.4 Å². The lowest BCUT2D eigenvalue weighted by atomic mass is 10.2. The number of thiocarbonyl (C=S) groups is 1. The minimum atomic E-state index is 0.473. The van der Waals surface area contributed by atoms with E-state index in [-0.39, 0.29) is 0 Å². The Morgan fingerprint density at radius 1 is 1.16 bits per heavy atom. The first kappa shape index (κ1) is 13.7. The maximum Gasteiger partial charge on any atom is 0.166 e. The zero-order valence-corrected chi connectivity index (χ0v) is 12.1. The third-order valence-corrected chi connectivity index (χ3v) is 3.58. The van der Waals surface area contributed by atoms with Gasteiger partial charge >= 0.3 is 0 Å². The molecule has 5 nitrogen and oxygen atoms in total. The molecule has 1 heterocycles. The van der Waals surface area contributed by atoms with Gasteiger partial charge in [0, 0.05) is 32.2 Å². The van der Waals surface area contributed by atoms with E-state index >= 15 is 0 Å². The van der Waals surface area contributed by atoms with Gasteiger partial charge in [0.2, 0.25) is 0 Å². The van der Waals surface area contributed by atoms with E-state index in [4.69, 9.17) is 27.4 Å². The van der Waals surface area contributed by atoms with Crippen molar-refractivity contribution in [3.8, 4) is 11.5 Å². The summed E-state index contributed by atoms with van der Waals surface area (Å²) in [7, 11) is 3.32. The van der Waals surface area contributed by atoms with Crippen LogP contribution in [-0.2, 0) is 0 Å². The van der Waals surface area contributed by atoms with Gasteiger partial charge in [-0.05, 0) is 24.4 Å². The lowest BCUT2D eigenvalue weighted by Crippen LogP contribution is -2.50. The first-order valence-corrected chi connectivity index (χ1v) is 6.58. The topological polar surface area (TPSA) is 51.0 Å². The van der Waals surface area contributed by atoms with Crippen LogP contribution >= 0.6 is 12.2 Å². The molecule has 0 amide bonds. The SMILES string of the molecule is COc1ccc(N2CCN(C(N)=S)CC2)c(OC)c1. The van der Waals surface area contributed by atoms with Crippen molar-refractivity contribution in [3.05, 3.63) is 18.2 Å². The number of nitrogens with two attached hydrogens (primary N) is 1. The fourth-order valence-electron chi connectivity index (χ4n) is 2.21. The highest BCUT2D eigenvalue weighted by molar-refractivity contribution is 7.80. The average Bonchev–Trinajstić information content (AvgIpc) is 2.46. The van der Waals surface area contributed by atoms with Gasteiger partial charge in [0.15, 0.2) is 5.11 Å². The monoisotopic (exact) mass is 281 g/mol. The number of benzene rings is 1. The van der Waals surface area contributed by atoms with Crippen LogP contribution in [0.4, 0.5) is 5.69 Å². The van der Waals surface area contributed by atoms with Crippen molar-refractivity contribution in [2.45, 2.75) is 0 Å². The standard InChI is InChI=1S/C13H19N3O2S/c1-17-10-3-4-11(12(9-10)18-2)15-5-7-16(8-6-15)13(14)19/h3-4,9H,5-8H2,1-2H3,(H2,14,19). The summed E-state index contributed by atoms with van der Waals surface area (Å²) in [4.78, 5) is 4.29. The predicted molar refractivity (Wildman–Crippen MR) is 80.1 cm³/mol. The summed E-state index contributed by atoms with van der Waals surface area (Å²) in [6.07, 6.45) is 0. The number of hydrogen-bond acceptors (Lipinski definition) is 4. The van der Waals surface area contributed by atoms with Crippen molar-refractivity contribution in [2.24, 2.45) is 5.73 Å². The molecule has 0 unspecified atom stereocenters. The van der Waals surface area contributed by atoms with Crippen LogP contribution in [0.5, 0.6) is 11.5 Å². The summed E-state index contributed by atoms with van der Waals surface area (Å²) in [5, 5.41) is 0.473. The number of nitrogens with zero attached hydrogens (tertiary/aromatic N) is 2. The van der Waals surface area contributed by atoms with E-state index in [9.17, 15) is 0 Å². The molecule has 0 radical (unpaired) electrons. The predicted octanol–water partition coefficient (Wildman–Crippen LogP) is 1.07. The Morgan fingerprint density at radius 2 is 1.84 bits per heavy atom. The summed E-state index contributed by atoms with van der Waals surface area (Å²) in [6.45, 7) is 3.43. The molecule has 0 bridgehead atoms. The van der Waals surface area contributed by atoms with Gasteiger partial charge in [-0.25, -0.2) is 0 Å². The van der Waals surface area contributed by atoms with E-state index in [1.807, 2.05) is 23.1 Å². The molecule has 19 heavy (non-hydrogen) atoms. The molecule has 104 valence electrons. The highest BCUT2D eigenvalue weighted by Crippen LogP contribution is 2.32. The lowest BCUT2D eigenvalue weighted by Gasteiger charge is -2.36. The van der Waals surface area contributed by atoms with Gasteiger partial charge in [-0.1, -0.05) is 0 Å². The van der Waals surface area contributed by atoms with Crippen LogP contribution in [0.1, 0.15) is 0 Å². The molecule has 1 saturated heterocycles. The van der Waals surface area contributed by atoms with E-state index in [1.54, 1.807) is 14.2 Å². The number of ether oxygens (including phenoxy) is 2. The highest BCUT2D eigenvalue weighted by atomic mass is 32.1. The Hall–Kier alpha value is -1.69. The Labute approximate surface area is 118 Å². The van der Waals surface area contributed by atoms with Crippen molar-refractivity contribution in [1.29, 1.82) is 0 Å². The Morgan fingerprint density at radius 3 is 2.37 bits per heavy atom. The summed E-state index contributed by atoms with van der Waals surface area (Å²) in [5.41, 5.74) is 6.72. The second-order valence-corrected chi connectivity index (χ2v) is 4.77. The fraction of sp³-hybridized carbons (Fsp3) is 0.462. The van der Waals surface area contributed by atoms with Gasteiger partial charge in [0.1, 0.15) is 11.5 Å². The summed E-state index contributed by atoms with van der Waals surface area (Å²) in [6, 6.07) is 5.86. The third-order valence-electron chi connectivity index (χ3n) is 3.32. The first-order chi connectivity index (χ1) is 9.15. The minimum absolute atomic E-state index is 0.473. The summed E-state index contributed by atoms with van der Waals surface area (Å²) >= 11 is 5.00. The molecule has 0 aliphatic carbocycles. The summed E-state index contributed by atoms with van der Waals surface area (Å²) < 4.78 is 10.6. The number of hydrogen-bond donors (Lipinski definition) is 1. The molecule has 1 aliphatic heterocycles. The molecule has 2 N–H and O–H groups in total. The van der Waals surface area contributed by atoms with Crippen molar-refractivity contribution in [1.82, 2.24) is 4.90 Å². The number of methoxy groups -OCH3 is 2. The quantitative estimate of drug-likeness (QED) is 0.837. The van der Waals surface area contributed by atoms with Crippen LogP contribution in [0, 0.1) is 0 Å². The number of piperazine rings is 1. The van der Waals surface area contributed by atoms with Crippen LogP contribution in [0.3, 0.4) is 0 Å². The van der Waals surface area contributed by atoms with Crippen LogP contribution in [0.2, 0.25) is 0 Å².